The van der Waals surface area contributed by atoms with Gasteiger partial charge in [0.25, 0.3) is 5.56 Å². The van der Waals surface area contributed by atoms with Crippen LogP contribution in [0.4, 0.5) is 0 Å². The lowest BCUT2D eigenvalue weighted by Crippen LogP contribution is -2.27. The summed E-state index contributed by atoms with van der Waals surface area (Å²) in [7, 11) is 0. The monoisotopic (exact) mass is 353 g/mol. The SMILES string of the molecule is CSc1nnc(Cc2ccc3c(c2)OCO3)c(=O)n1-c1ccccc1. The van der Waals surface area contributed by atoms with Crippen LogP contribution in [-0.2, 0) is 6.42 Å². The van der Waals surface area contributed by atoms with Crippen molar-refractivity contribution in [1.29, 1.82) is 0 Å². The second-order valence-electron chi connectivity index (χ2n) is 5.47. The Balaban J connectivity index is 1.75. The highest BCUT2D eigenvalue weighted by atomic mass is 32.2. The van der Waals surface area contributed by atoms with Crippen molar-refractivity contribution < 1.29 is 9.47 Å². The number of fused-ring (bicyclic) bond motifs is 1. The molecule has 2 heterocycles. The molecule has 0 aliphatic carbocycles. The van der Waals surface area contributed by atoms with Gasteiger partial charge in [-0.05, 0) is 36.1 Å². The Bertz CT molecular complexity index is 973. The van der Waals surface area contributed by atoms with E-state index in [2.05, 4.69) is 10.2 Å². The summed E-state index contributed by atoms with van der Waals surface area (Å²) in [6, 6.07) is 15.1. The Kier molecular flexibility index (Phi) is 4.15. The second-order valence-corrected chi connectivity index (χ2v) is 6.25. The van der Waals surface area contributed by atoms with Crippen LogP contribution in [0.5, 0.6) is 11.5 Å². The first kappa shape index (κ1) is 15.7. The van der Waals surface area contributed by atoms with Gasteiger partial charge < -0.3 is 9.47 Å². The first-order valence-electron chi connectivity index (χ1n) is 7.73. The second kappa shape index (κ2) is 6.60. The van der Waals surface area contributed by atoms with E-state index in [1.54, 1.807) is 4.57 Å². The Labute approximate surface area is 148 Å². The quantitative estimate of drug-likeness (QED) is 0.672. The molecule has 0 amide bonds. The minimum atomic E-state index is -0.164. The van der Waals surface area contributed by atoms with Gasteiger partial charge in [-0.25, -0.2) is 0 Å². The van der Waals surface area contributed by atoms with Crippen LogP contribution in [0.3, 0.4) is 0 Å². The lowest BCUT2D eigenvalue weighted by molar-refractivity contribution is 0.174. The van der Waals surface area contributed by atoms with Crippen LogP contribution < -0.4 is 15.0 Å². The molecule has 0 spiro atoms. The Morgan fingerprint density at radius 2 is 1.88 bits per heavy atom. The Hall–Kier alpha value is -2.80. The summed E-state index contributed by atoms with van der Waals surface area (Å²) in [4.78, 5) is 13.0. The third kappa shape index (κ3) is 2.98. The van der Waals surface area contributed by atoms with Gasteiger partial charge in [-0.3, -0.25) is 9.36 Å². The fourth-order valence-corrected chi connectivity index (χ4v) is 3.19. The summed E-state index contributed by atoms with van der Waals surface area (Å²) in [5.74, 6) is 1.41. The molecule has 0 fully saturated rings. The van der Waals surface area contributed by atoms with Gasteiger partial charge >= 0.3 is 0 Å². The molecule has 0 N–H and O–H groups in total. The predicted octanol–water partition coefficient (Wildman–Crippen LogP) is 2.67. The van der Waals surface area contributed by atoms with Crippen LogP contribution in [0.25, 0.3) is 5.69 Å². The van der Waals surface area contributed by atoms with Crippen LogP contribution in [0.15, 0.2) is 58.5 Å². The first-order valence-corrected chi connectivity index (χ1v) is 8.95. The zero-order valence-corrected chi connectivity index (χ0v) is 14.3. The summed E-state index contributed by atoms with van der Waals surface area (Å²) in [5, 5.41) is 8.93. The molecule has 0 bridgehead atoms. The van der Waals surface area contributed by atoms with Crippen LogP contribution in [0, 0.1) is 0 Å². The van der Waals surface area contributed by atoms with E-state index >= 15 is 0 Å². The van der Waals surface area contributed by atoms with E-state index in [4.69, 9.17) is 9.47 Å². The number of ether oxygens (including phenoxy) is 2. The van der Waals surface area contributed by atoms with Crippen LogP contribution in [0.1, 0.15) is 11.3 Å². The Morgan fingerprint density at radius 1 is 1.08 bits per heavy atom. The van der Waals surface area contributed by atoms with Gasteiger partial charge in [-0.1, -0.05) is 36.0 Å². The van der Waals surface area contributed by atoms with Crippen molar-refractivity contribution >= 4 is 11.8 Å². The van der Waals surface area contributed by atoms with E-state index in [0.717, 1.165) is 11.3 Å². The number of benzene rings is 2. The maximum absolute atomic E-state index is 13.0. The fraction of sp³-hybridized carbons (Fsp3) is 0.167. The number of thioether (sulfide) groups is 1. The smallest absolute Gasteiger partial charge is 0.281 e. The first-order chi connectivity index (χ1) is 12.3. The molecule has 25 heavy (non-hydrogen) atoms. The van der Waals surface area contributed by atoms with Gasteiger partial charge in [0.1, 0.15) is 5.69 Å². The summed E-state index contributed by atoms with van der Waals surface area (Å²) in [6.45, 7) is 0.224. The van der Waals surface area contributed by atoms with Crippen molar-refractivity contribution in [2.75, 3.05) is 13.0 Å². The fourth-order valence-electron chi connectivity index (χ4n) is 2.70. The minimum absolute atomic E-state index is 0.164. The summed E-state index contributed by atoms with van der Waals surface area (Å²) < 4.78 is 12.3. The molecule has 6 nitrogen and oxygen atoms in total. The summed E-state index contributed by atoms with van der Waals surface area (Å²) in [6.07, 6.45) is 2.25. The van der Waals surface area contributed by atoms with E-state index in [0.29, 0.717) is 28.8 Å². The molecule has 2 aromatic carbocycles. The van der Waals surface area contributed by atoms with Crippen LogP contribution in [0.2, 0.25) is 0 Å². The topological polar surface area (TPSA) is 66.2 Å². The van der Waals surface area contributed by atoms with Gasteiger partial charge in [-0.2, -0.15) is 0 Å². The molecule has 126 valence electrons. The summed E-state index contributed by atoms with van der Waals surface area (Å²) >= 11 is 1.39. The molecule has 1 aromatic heterocycles. The van der Waals surface area contributed by atoms with Gasteiger partial charge in [0.05, 0.1) is 5.69 Å². The lowest BCUT2D eigenvalue weighted by Gasteiger charge is -2.11. The van der Waals surface area contributed by atoms with E-state index in [9.17, 15) is 4.79 Å². The molecule has 3 aromatic rings. The zero-order valence-electron chi connectivity index (χ0n) is 13.5. The third-order valence-electron chi connectivity index (χ3n) is 3.90. The molecule has 0 saturated carbocycles. The summed E-state index contributed by atoms with van der Waals surface area (Å²) in [5.41, 5.74) is 1.93. The number of para-hydroxylation sites is 1. The number of hydrogen-bond donors (Lipinski definition) is 0. The van der Waals surface area contributed by atoms with E-state index in [1.165, 1.54) is 11.8 Å². The van der Waals surface area contributed by atoms with Gasteiger partial charge in [0.2, 0.25) is 6.79 Å². The van der Waals surface area contributed by atoms with Crippen molar-refractivity contribution in [1.82, 2.24) is 14.8 Å². The molecule has 0 unspecified atom stereocenters. The average Bonchev–Trinajstić information content (AvgIpc) is 3.11. The van der Waals surface area contributed by atoms with E-state index in [1.807, 2.05) is 54.8 Å². The zero-order chi connectivity index (χ0) is 17.2. The third-order valence-corrected chi connectivity index (χ3v) is 4.53. The average molecular weight is 353 g/mol. The number of aromatic nitrogens is 3. The highest BCUT2D eigenvalue weighted by Gasteiger charge is 2.17. The van der Waals surface area contributed by atoms with Gasteiger partial charge in [0.15, 0.2) is 16.7 Å². The largest absolute Gasteiger partial charge is 0.454 e. The maximum atomic E-state index is 13.0. The molecule has 7 heteroatoms. The number of nitrogens with zero attached hydrogens (tertiary/aromatic N) is 3. The molecular weight excluding hydrogens is 338 g/mol. The van der Waals surface area contributed by atoms with Crippen molar-refractivity contribution in [3.05, 3.63) is 70.1 Å². The molecule has 0 saturated heterocycles. The highest BCUT2D eigenvalue weighted by Crippen LogP contribution is 2.32. The highest BCUT2D eigenvalue weighted by molar-refractivity contribution is 7.98. The van der Waals surface area contributed by atoms with Crippen molar-refractivity contribution in [2.45, 2.75) is 11.6 Å². The van der Waals surface area contributed by atoms with Crippen LogP contribution >= 0.6 is 11.8 Å². The van der Waals surface area contributed by atoms with Gasteiger partial charge in [0, 0.05) is 6.42 Å². The minimum Gasteiger partial charge on any atom is -0.454 e. The molecule has 1 aliphatic rings. The number of hydrogen-bond acceptors (Lipinski definition) is 6. The normalized spacial score (nSPS) is 12.4. The molecular formula is C18H15N3O3S. The van der Waals surface area contributed by atoms with Crippen molar-refractivity contribution in [3.63, 3.8) is 0 Å². The maximum Gasteiger partial charge on any atom is 0.281 e. The van der Waals surface area contributed by atoms with Crippen molar-refractivity contribution in [2.24, 2.45) is 0 Å². The Morgan fingerprint density at radius 3 is 2.68 bits per heavy atom. The van der Waals surface area contributed by atoms with Crippen molar-refractivity contribution in [3.8, 4) is 17.2 Å². The molecule has 0 atom stereocenters. The predicted molar refractivity (Wildman–Crippen MR) is 94.8 cm³/mol. The van der Waals surface area contributed by atoms with E-state index < -0.39 is 0 Å². The van der Waals surface area contributed by atoms with Gasteiger partial charge in [-0.15, -0.1) is 10.2 Å². The lowest BCUT2D eigenvalue weighted by atomic mass is 10.1. The molecule has 4 rings (SSSR count). The molecule has 1 aliphatic heterocycles. The standard InChI is InChI=1S/C18H15N3O3S/c1-25-18-20-19-14(17(22)21(18)13-5-3-2-4-6-13)9-12-7-8-15-16(10-12)24-11-23-15/h2-8,10H,9,11H2,1H3. The van der Waals surface area contributed by atoms with Crippen LogP contribution in [-0.4, -0.2) is 27.8 Å². The number of rotatable bonds is 4. The van der Waals surface area contributed by atoms with E-state index in [-0.39, 0.29) is 12.4 Å². The molecule has 0 radical (unpaired) electrons.